The Morgan fingerprint density at radius 2 is 1.50 bits per heavy atom. The highest BCUT2D eigenvalue weighted by Crippen LogP contribution is 2.27. The Morgan fingerprint density at radius 1 is 0.938 bits per heavy atom. The van der Waals surface area contributed by atoms with E-state index in [4.69, 9.17) is 9.47 Å². The predicted molar refractivity (Wildman–Crippen MR) is 110 cm³/mol. The fraction of sp³-hybridized carbons (Fsp3) is 0.364. The Kier molecular flexibility index (Phi) is 7.12. The number of carbonyl (C=O) groups excluding carboxylic acids is 2. The van der Waals surface area contributed by atoms with Crippen LogP contribution < -0.4 is 19.5 Å². The average Bonchev–Trinajstić information content (AvgIpc) is 2.78. The van der Waals surface area contributed by atoms with Crippen LogP contribution >= 0.6 is 0 Å². The summed E-state index contributed by atoms with van der Waals surface area (Å²) >= 11 is 0. The number of ether oxygens (including phenoxy) is 3. The topological polar surface area (TPSA) is 77.1 Å². The fourth-order valence-corrected chi connectivity index (χ4v) is 3.44. The van der Waals surface area contributed by atoms with Crippen LogP contribution in [-0.2, 0) is 4.79 Å². The zero-order chi connectivity index (χ0) is 23.3. The lowest BCUT2D eigenvalue weighted by atomic mass is 9.95. The number of likely N-dealkylation sites (tertiary alicyclic amines) is 1. The fourth-order valence-electron chi connectivity index (χ4n) is 3.44. The van der Waals surface area contributed by atoms with Crippen molar-refractivity contribution in [2.24, 2.45) is 5.92 Å². The summed E-state index contributed by atoms with van der Waals surface area (Å²) in [5.74, 6) is -0.0883. The van der Waals surface area contributed by atoms with E-state index in [0.29, 0.717) is 48.7 Å². The van der Waals surface area contributed by atoms with Crippen molar-refractivity contribution < 1.29 is 37.0 Å². The zero-order valence-electron chi connectivity index (χ0n) is 17.6. The highest BCUT2D eigenvalue weighted by molar-refractivity contribution is 5.96. The maximum atomic E-state index is 12.9. The molecule has 1 saturated heterocycles. The molecule has 0 saturated carbocycles. The number of anilines is 1. The number of benzene rings is 2. The van der Waals surface area contributed by atoms with Gasteiger partial charge in [0.1, 0.15) is 17.2 Å². The molecule has 3 rings (SSSR count). The van der Waals surface area contributed by atoms with Crippen molar-refractivity contribution in [3.8, 4) is 17.2 Å². The first kappa shape index (κ1) is 23.2. The summed E-state index contributed by atoms with van der Waals surface area (Å²) < 4.78 is 50.9. The molecule has 32 heavy (non-hydrogen) atoms. The van der Waals surface area contributed by atoms with Crippen molar-refractivity contribution in [1.82, 2.24) is 4.90 Å². The summed E-state index contributed by atoms with van der Waals surface area (Å²) in [5.41, 5.74) is 0.803. The summed E-state index contributed by atoms with van der Waals surface area (Å²) in [6.45, 7) is 0.795. The molecule has 1 aliphatic rings. The summed E-state index contributed by atoms with van der Waals surface area (Å²) in [6.07, 6.45) is -3.84. The number of hydrogen-bond donors (Lipinski definition) is 1. The maximum absolute atomic E-state index is 12.9. The van der Waals surface area contributed by atoms with Crippen LogP contribution in [0.4, 0.5) is 18.9 Å². The summed E-state index contributed by atoms with van der Waals surface area (Å²) in [5, 5.41) is 2.70. The molecule has 1 N–H and O–H groups in total. The molecule has 10 heteroatoms. The number of methoxy groups -OCH3 is 2. The van der Waals surface area contributed by atoms with Crippen LogP contribution in [0.1, 0.15) is 23.2 Å². The minimum atomic E-state index is -4.77. The van der Waals surface area contributed by atoms with Crippen molar-refractivity contribution in [3.05, 3.63) is 48.0 Å². The van der Waals surface area contributed by atoms with Crippen LogP contribution in [-0.4, -0.2) is 50.4 Å². The van der Waals surface area contributed by atoms with Crippen molar-refractivity contribution in [2.75, 3.05) is 32.6 Å². The molecule has 2 aromatic rings. The lowest BCUT2D eigenvalue weighted by molar-refractivity contribution is -0.274. The van der Waals surface area contributed by atoms with Gasteiger partial charge < -0.3 is 24.4 Å². The summed E-state index contributed by atoms with van der Waals surface area (Å²) in [4.78, 5) is 27.1. The predicted octanol–water partition coefficient (Wildman–Crippen LogP) is 4.09. The Labute approximate surface area is 183 Å². The highest BCUT2D eigenvalue weighted by Gasteiger charge is 2.31. The van der Waals surface area contributed by atoms with Crippen LogP contribution in [0.2, 0.25) is 0 Å². The highest BCUT2D eigenvalue weighted by atomic mass is 19.4. The molecule has 0 aliphatic carbocycles. The van der Waals surface area contributed by atoms with Crippen LogP contribution in [0, 0.1) is 5.92 Å². The maximum Gasteiger partial charge on any atom is 0.573 e. The lowest BCUT2D eigenvalue weighted by Crippen LogP contribution is -2.41. The van der Waals surface area contributed by atoms with Gasteiger partial charge in [-0.05, 0) is 49.2 Å². The number of piperidine rings is 1. The molecule has 0 spiro atoms. The molecule has 0 radical (unpaired) electrons. The molecular formula is C22H23F3N2O5. The third-order valence-corrected chi connectivity index (χ3v) is 5.11. The van der Waals surface area contributed by atoms with E-state index in [1.807, 2.05) is 0 Å². The van der Waals surface area contributed by atoms with Crippen molar-refractivity contribution in [2.45, 2.75) is 19.2 Å². The Bertz CT molecular complexity index is 933. The Balaban J connectivity index is 1.55. The second kappa shape index (κ2) is 9.80. The normalized spacial score (nSPS) is 14.6. The van der Waals surface area contributed by atoms with Gasteiger partial charge in [-0.25, -0.2) is 0 Å². The van der Waals surface area contributed by atoms with E-state index in [-0.39, 0.29) is 23.5 Å². The molecule has 7 nitrogen and oxygen atoms in total. The van der Waals surface area contributed by atoms with Gasteiger partial charge in [-0.3, -0.25) is 9.59 Å². The summed E-state index contributed by atoms with van der Waals surface area (Å²) in [7, 11) is 3.01. The molecule has 1 heterocycles. The number of rotatable bonds is 6. The number of hydrogen-bond acceptors (Lipinski definition) is 5. The number of carbonyl (C=O) groups is 2. The quantitative estimate of drug-likeness (QED) is 0.715. The van der Waals surface area contributed by atoms with Gasteiger partial charge in [0.15, 0.2) is 0 Å². The molecule has 0 atom stereocenters. The van der Waals surface area contributed by atoms with E-state index in [0.717, 1.165) is 12.1 Å². The second-order valence-corrected chi connectivity index (χ2v) is 7.23. The minimum absolute atomic E-state index is 0.179. The molecule has 0 bridgehead atoms. The number of halogens is 3. The number of nitrogens with one attached hydrogen (secondary N) is 1. The first-order valence-electron chi connectivity index (χ1n) is 9.87. The van der Waals surface area contributed by atoms with Gasteiger partial charge in [0.05, 0.1) is 14.2 Å². The molecule has 0 unspecified atom stereocenters. The smallest absolute Gasteiger partial charge is 0.497 e. The minimum Gasteiger partial charge on any atom is -0.497 e. The first-order valence-corrected chi connectivity index (χ1v) is 9.87. The van der Waals surface area contributed by atoms with Crippen LogP contribution in [0.5, 0.6) is 17.2 Å². The van der Waals surface area contributed by atoms with Gasteiger partial charge in [-0.2, -0.15) is 0 Å². The molecule has 1 aliphatic heterocycles. The summed E-state index contributed by atoms with van der Waals surface area (Å²) in [6, 6.07) is 9.89. The van der Waals surface area contributed by atoms with E-state index < -0.39 is 6.36 Å². The largest absolute Gasteiger partial charge is 0.573 e. The van der Waals surface area contributed by atoms with Gasteiger partial charge in [-0.15, -0.1) is 13.2 Å². The van der Waals surface area contributed by atoms with E-state index in [2.05, 4.69) is 10.1 Å². The molecule has 1 fully saturated rings. The number of amides is 2. The molecule has 172 valence electrons. The van der Waals surface area contributed by atoms with Crippen molar-refractivity contribution >= 4 is 17.5 Å². The third kappa shape index (κ3) is 6.05. The van der Waals surface area contributed by atoms with Crippen molar-refractivity contribution in [1.29, 1.82) is 0 Å². The first-order chi connectivity index (χ1) is 15.2. The molecule has 2 aromatic carbocycles. The van der Waals surface area contributed by atoms with Gasteiger partial charge in [0, 0.05) is 36.3 Å². The van der Waals surface area contributed by atoms with Crippen LogP contribution in [0.25, 0.3) is 0 Å². The van der Waals surface area contributed by atoms with Crippen molar-refractivity contribution in [3.63, 3.8) is 0 Å². The zero-order valence-corrected chi connectivity index (χ0v) is 17.6. The second-order valence-electron chi connectivity index (χ2n) is 7.23. The van der Waals surface area contributed by atoms with Gasteiger partial charge in [-0.1, -0.05) is 0 Å². The lowest BCUT2D eigenvalue weighted by Gasteiger charge is -2.31. The van der Waals surface area contributed by atoms with Gasteiger partial charge in [0.25, 0.3) is 5.91 Å². The number of nitrogens with zero attached hydrogens (tertiary/aromatic N) is 1. The van der Waals surface area contributed by atoms with E-state index in [1.54, 1.807) is 23.1 Å². The third-order valence-electron chi connectivity index (χ3n) is 5.11. The van der Waals surface area contributed by atoms with Crippen LogP contribution in [0.15, 0.2) is 42.5 Å². The Morgan fingerprint density at radius 3 is 2.00 bits per heavy atom. The molecule has 0 aromatic heterocycles. The number of alkyl halides is 3. The average molecular weight is 452 g/mol. The van der Waals surface area contributed by atoms with E-state index in [1.165, 1.54) is 26.4 Å². The van der Waals surface area contributed by atoms with Gasteiger partial charge >= 0.3 is 6.36 Å². The Hall–Kier alpha value is -3.43. The monoisotopic (exact) mass is 452 g/mol. The SMILES string of the molecule is COc1cc(OC)cc(C(=O)N2CCC(C(=O)Nc3ccc(OC(F)(F)F)cc3)CC2)c1. The van der Waals surface area contributed by atoms with Gasteiger partial charge in [0.2, 0.25) is 5.91 Å². The van der Waals surface area contributed by atoms with E-state index in [9.17, 15) is 22.8 Å². The molecular weight excluding hydrogens is 429 g/mol. The molecule has 2 amide bonds. The van der Waals surface area contributed by atoms with Crippen LogP contribution in [0.3, 0.4) is 0 Å². The standard InChI is InChI=1S/C22H23F3N2O5/c1-30-18-11-15(12-19(13-18)31-2)21(29)27-9-7-14(8-10-27)20(28)26-16-3-5-17(6-4-16)32-22(23,24)25/h3-6,11-14H,7-10H2,1-2H3,(H,26,28). The van der Waals surface area contributed by atoms with E-state index >= 15 is 0 Å².